The number of hydrogen-bond donors (Lipinski definition) is 2. The number of hydrogen-bond acceptors (Lipinski definition) is 4. The number of fused-ring (bicyclic) bond motifs is 3. The quantitative estimate of drug-likeness (QED) is 0.197. The van der Waals surface area contributed by atoms with Gasteiger partial charge in [-0.2, -0.15) is 0 Å². The van der Waals surface area contributed by atoms with Crippen LogP contribution in [0, 0.1) is 0 Å². The van der Waals surface area contributed by atoms with E-state index in [0.29, 0.717) is 18.8 Å². The van der Waals surface area contributed by atoms with Crippen LogP contribution in [0.25, 0.3) is 21.8 Å². The number of rotatable bonds is 7. The van der Waals surface area contributed by atoms with Gasteiger partial charge in [0.1, 0.15) is 5.75 Å². The molecule has 0 amide bonds. The van der Waals surface area contributed by atoms with Gasteiger partial charge in [-0.25, -0.2) is 0 Å². The van der Waals surface area contributed by atoms with E-state index in [9.17, 15) is 5.11 Å². The minimum atomic E-state index is -0.648. The van der Waals surface area contributed by atoms with Gasteiger partial charge in [0.05, 0.1) is 26.3 Å². The monoisotopic (exact) mass is 593 g/mol. The number of aromatic nitrogens is 1. The smallest absolute Gasteiger partial charge is 0.120 e. The normalized spacial score (nSPS) is 12.2. The number of nitrogens with two attached hydrogens (primary N) is 1. The second-order valence-electron chi connectivity index (χ2n) is 8.49. The first-order valence-electron chi connectivity index (χ1n) is 11.2. The highest BCUT2D eigenvalue weighted by Gasteiger charge is 2.19. The zero-order valence-corrected chi connectivity index (χ0v) is 22.3. The van der Waals surface area contributed by atoms with Gasteiger partial charge in [0.2, 0.25) is 0 Å². The molecule has 0 radical (unpaired) electrons. The summed E-state index contributed by atoms with van der Waals surface area (Å²) in [6, 6.07) is 28.1. The molecule has 5 rings (SSSR count). The van der Waals surface area contributed by atoms with E-state index < -0.39 is 6.10 Å². The van der Waals surface area contributed by atoms with Crippen LogP contribution in [0.1, 0.15) is 0 Å². The van der Waals surface area contributed by atoms with Crippen molar-refractivity contribution in [3.63, 3.8) is 0 Å². The number of ether oxygens (including phenoxy) is 1. The van der Waals surface area contributed by atoms with Crippen LogP contribution in [0.5, 0.6) is 5.75 Å². The molecule has 7 heteroatoms. The first kappa shape index (κ1) is 23.7. The van der Waals surface area contributed by atoms with Crippen molar-refractivity contribution in [2.24, 2.45) is 0 Å². The maximum absolute atomic E-state index is 11.4. The summed E-state index contributed by atoms with van der Waals surface area (Å²) in [5.41, 5.74) is 10.7. The number of anilines is 3. The lowest BCUT2D eigenvalue weighted by Gasteiger charge is -2.28. The van der Waals surface area contributed by atoms with Gasteiger partial charge in [0, 0.05) is 53.9 Å². The summed E-state index contributed by atoms with van der Waals surface area (Å²) in [5, 5.41) is 13.7. The van der Waals surface area contributed by atoms with Gasteiger partial charge in [0.25, 0.3) is 0 Å². The maximum Gasteiger partial charge on any atom is 0.120 e. The van der Waals surface area contributed by atoms with Gasteiger partial charge in [-0.15, -0.1) is 0 Å². The second kappa shape index (κ2) is 9.93. The van der Waals surface area contributed by atoms with Crippen molar-refractivity contribution in [1.82, 2.24) is 4.57 Å². The Morgan fingerprint density at radius 2 is 1.49 bits per heavy atom. The minimum Gasteiger partial charge on any atom is -0.497 e. The van der Waals surface area contributed by atoms with Gasteiger partial charge < -0.3 is 25.0 Å². The highest BCUT2D eigenvalue weighted by Crippen LogP contribution is 2.34. The lowest BCUT2D eigenvalue weighted by molar-refractivity contribution is 0.165. The molecule has 3 N–H and O–H groups in total. The van der Waals surface area contributed by atoms with Crippen molar-refractivity contribution in [3.8, 4) is 5.75 Å². The number of halogens is 2. The largest absolute Gasteiger partial charge is 0.497 e. The predicted molar refractivity (Wildman–Crippen MR) is 152 cm³/mol. The van der Waals surface area contributed by atoms with Crippen molar-refractivity contribution in [2.45, 2.75) is 12.6 Å². The van der Waals surface area contributed by atoms with Crippen molar-refractivity contribution >= 4 is 70.7 Å². The van der Waals surface area contributed by atoms with Gasteiger partial charge in [0.15, 0.2) is 0 Å². The average molecular weight is 595 g/mol. The van der Waals surface area contributed by atoms with E-state index in [0.717, 1.165) is 47.9 Å². The van der Waals surface area contributed by atoms with Crippen molar-refractivity contribution < 1.29 is 9.84 Å². The minimum absolute atomic E-state index is 0.394. The third kappa shape index (κ3) is 4.89. The summed E-state index contributed by atoms with van der Waals surface area (Å²) < 4.78 is 9.69. The molecule has 35 heavy (non-hydrogen) atoms. The number of nitrogens with zero attached hydrogens (tertiary/aromatic N) is 2. The predicted octanol–water partition coefficient (Wildman–Crippen LogP) is 7.11. The summed E-state index contributed by atoms with van der Waals surface area (Å²) in [5.74, 6) is 0.760. The fourth-order valence-electron chi connectivity index (χ4n) is 4.52. The molecule has 5 aromatic rings. The zero-order chi connectivity index (χ0) is 24.5. The van der Waals surface area contributed by atoms with Crippen LogP contribution >= 0.6 is 31.9 Å². The van der Waals surface area contributed by atoms with E-state index in [-0.39, 0.29) is 0 Å². The third-order valence-corrected chi connectivity index (χ3v) is 7.13. The molecule has 1 aromatic heterocycles. The molecule has 0 aliphatic carbocycles. The summed E-state index contributed by atoms with van der Waals surface area (Å²) in [7, 11) is 1.65. The molecule has 5 nitrogen and oxygen atoms in total. The molecule has 0 saturated heterocycles. The molecule has 0 fully saturated rings. The maximum atomic E-state index is 11.4. The highest BCUT2D eigenvalue weighted by atomic mass is 79.9. The van der Waals surface area contributed by atoms with Crippen LogP contribution in [-0.2, 0) is 6.54 Å². The Balaban J connectivity index is 1.52. The van der Waals surface area contributed by atoms with E-state index in [4.69, 9.17) is 10.5 Å². The summed E-state index contributed by atoms with van der Waals surface area (Å²) in [6.07, 6.45) is -0.648. The lowest BCUT2D eigenvalue weighted by Crippen LogP contribution is -2.31. The first-order valence-corrected chi connectivity index (χ1v) is 12.8. The summed E-state index contributed by atoms with van der Waals surface area (Å²) >= 11 is 7.20. The Bertz CT molecular complexity index is 1440. The van der Waals surface area contributed by atoms with Gasteiger partial charge in [-0.3, -0.25) is 0 Å². The van der Waals surface area contributed by atoms with E-state index in [2.05, 4.69) is 65.6 Å². The topological polar surface area (TPSA) is 63.7 Å². The molecule has 0 spiro atoms. The van der Waals surface area contributed by atoms with Crippen molar-refractivity contribution in [3.05, 3.63) is 93.9 Å². The fraction of sp³-hybridized carbons (Fsp3) is 0.143. The second-order valence-corrected chi connectivity index (χ2v) is 10.3. The van der Waals surface area contributed by atoms with E-state index in [1.807, 2.05) is 60.7 Å². The summed E-state index contributed by atoms with van der Waals surface area (Å²) in [6.45, 7) is 0.837. The Morgan fingerprint density at radius 1 is 0.857 bits per heavy atom. The first-order chi connectivity index (χ1) is 16.9. The van der Waals surface area contributed by atoms with Crippen molar-refractivity contribution in [2.75, 3.05) is 24.3 Å². The molecule has 0 bridgehead atoms. The molecule has 1 heterocycles. The Hall–Kier alpha value is -3.00. The van der Waals surface area contributed by atoms with Gasteiger partial charge >= 0.3 is 0 Å². The van der Waals surface area contributed by atoms with Crippen LogP contribution in [0.15, 0.2) is 93.9 Å². The Labute approximate surface area is 221 Å². The van der Waals surface area contributed by atoms with Crippen LogP contribution in [0.2, 0.25) is 0 Å². The molecule has 0 aliphatic heterocycles. The van der Waals surface area contributed by atoms with Crippen LogP contribution in [0.3, 0.4) is 0 Å². The number of nitrogen functional groups attached to an aromatic ring is 1. The molecule has 0 aliphatic rings. The fourth-order valence-corrected chi connectivity index (χ4v) is 5.24. The molecule has 4 aromatic carbocycles. The van der Waals surface area contributed by atoms with Crippen LogP contribution in [0.4, 0.5) is 17.1 Å². The lowest BCUT2D eigenvalue weighted by atomic mass is 10.2. The molecule has 1 atom stereocenters. The van der Waals surface area contributed by atoms with Gasteiger partial charge in [-0.1, -0.05) is 37.9 Å². The number of methoxy groups -OCH3 is 1. The third-order valence-electron chi connectivity index (χ3n) is 6.15. The molecule has 0 saturated carbocycles. The number of benzene rings is 4. The standard InChI is InChI=1S/C28H25Br2N3O2/c1-35-24-4-2-3-22(15-24)32(21-9-7-20(31)8-10-21)16-23(34)17-33-27-11-5-18(29)13-25(27)26-14-19(30)6-12-28(26)33/h2-15,23,34H,16-17,31H2,1H3. The van der Waals surface area contributed by atoms with E-state index in [1.165, 1.54) is 0 Å². The van der Waals surface area contributed by atoms with Gasteiger partial charge in [-0.05, 0) is 72.8 Å². The zero-order valence-electron chi connectivity index (χ0n) is 19.2. The Morgan fingerprint density at radius 3 is 2.09 bits per heavy atom. The summed E-state index contributed by atoms with van der Waals surface area (Å²) in [4.78, 5) is 2.09. The average Bonchev–Trinajstić information content (AvgIpc) is 3.15. The number of aliphatic hydroxyl groups is 1. The van der Waals surface area contributed by atoms with Crippen LogP contribution in [-0.4, -0.2) is 29.4 Å². The van der Waals surface area contributed by atoms with Crippen LogP contribution < -0.4 is 15.4 Å². The molecular weight excluding hydrogens is 570 g/mol. The SMILES string of the molecule is COc1cccc(N(CC(O)Cn2c3ccc(Br)cc3c3cc(Br)ccc32)c2ccc(N)cc2)c1. The van der Waals surface area contributed by atoms with E-state index >= 15 is 0 Å². The highest BCUT2D eigenvalue weighted by molar-refractivity contribution is 9.10. The molecular formula is C28H25Br2N3O2. The Kier molecular flexibility index (Phi) is 6.73. The van der Waals surface area contributed by atoms with Crippen molar-refractivity contribution in [1.29, 1.82) is 0 Å². The molecule has 178 valence electrons. The molecule has 1 unspecified atom stereocenters. The van der Waals surface area contributed by atoms with E-state index in [1.54, 1.807) is 7.11 Å². The number of aliphatic hydroxyl groups excluding tert-OH is 1.